The van der Waals surface area contributed by atoms with Crippen LogP contribution < -0.4 is 5.11 Å². The Balaban J connectivity index is 4.49. The molecule has 2 unspecified atom stereocenters. The Hall–Kier alpha value is -1.93. The first-order valence-corrected chi connectivity index (χ1v) is 17.7. The van der Waals surface area contributed by atoms with Gasteiger partial charge >= 0.3 is 11.9 Å². The molecule has 2 atom stereocenters. The molecule has 8 heteroatoms. The van der Waals surface area contributed by atoms with E-state index in [1.54, 1.807) is 21.1 Å². The van der Waals surface area contributed by atoms with Gasteiger partial charge in [-0.25, -0.2) is 0 Å². The van der Waals surface area contributed by atoms with Crippen LogP contribution in [0.25, 0.3) is 0 Å². The number of likely N-dealkylation sites (N-methyl/N-ethyl adjacent to an activating group) is 1. The number of rotatable bonds is 31. The summed E-state index contributed by atoms with van der Waals surface area (Å²) in [5.41, 5.74) is 0. The SMILES string of the molecule is CCCCCC/C=C/CCCC(=O)OCC(COCCC(C(=O)[O-])[N+](C)(C)C)OC(=O)CCCCCCCCCCCCC. The molecular formula is C36H67NO7. The van der Waals surface area contributed by atoms with Crippen LogP contribution in [0.15, 0.2) is 12.2 Å². The molecule has 0 fully saturated rings. The van der Waals surface area contributed by atoms with Gasteiger partial charge in [0.05, 0.1) is 40.3 Å². The molecule has 0 aliphatic rings. The number of hydrogen-bond donors (Lipinski definition) is 0. The number of carboxylic acid groups (broad SMARTS) is 1. The van der Waals surface area contributed by atoms with Crippen molar-refractivity contribution in [1.82, 2.24) is 0 Å². The van der Waals surface area contributed by atoms with Crippen molar-refractivity contribution in [3.63, 3.8) is 0 Å². The van der Waals surface area contributed by atoms with Gasteiger partial charge in [-0.3, -0.25) is 9.59 Å². The van der Waals surface area contributed by atoms with Crippen LogP contribution >= 0.6 is 0 Å². The minimum atomic E-state index is -1.13. The summed E-state index contributed by atoms with van der Waals surface area (Å²) in [7, 11) is 5.38. The predicted octanol–water partition coefficient (Wildman–Crippen LogP) is 7.07. The molecule has 0 aliphatic heterocycles. The van der Waals surface area contributed by atoms with E-state index in [1.165, 1.54) is 77.0 Å². The molecule has 0 aromatic heterocycles. The van der Waals surface area contributed by atoms with Crippen molar-refractivity contribution in [1.29, 1.82) is 0 Å². The van der Waals surface area contributed by atoms with E-state index in [4.69, 9.17) is 14.2 Å². The van der Waals surface area contributed by atoms with E-state index in [1.807, 2.05) is 0 Å². The highest BCUT2D eigenvalue weighted by molar-refractivity contribution is 5.70. The van der Waals surface area contributed by atoms with E-state index in [2.05, 4.69) is 26.0 Å². The average Bonchev–Trinajstić information content (AvgIpc) is 2.96. The van der Waals surface area contributed by atoms with Crippen LogP contribution in [-0.2, 0) is 28.6 Å². The number of hydrogen-bond acceptors (Lipinski definition) is 7. The summed E-state index contributed by atoms with van der Waals surface area (Å²) in [6.45, 7) is 4.57. The third kappa shape index (κ3) is 26.5. The van der Waals surface area contributed by atoms with Crippen molar-refractivity contribution in [2.75, 3.05) is 41.0 Å². The van der Waals surface area contributed by atoms with E-state index in [9.17, 15) is 19.5 Å². The van der Waals surface area contributed by atoms with Gasteiger partial charge in [0, 0.05) is 19.3 Å². The maximum Gasteiger partial charge on any atom is 0.306 e. The number of quaternary nitrogens is 1. The molecular weight excluding hydrogens is 558 g/mol. The molecule has 0 aromatic carbocycles. The zero-order valence-electron chi connectivity index (χ0n) is 29.1. The normalized spacial score (nSPS) is 13.2. The molecule has 0 radical (unpaired) electrons. The molecule has 0 N–H and O–H groups in total. The van der Waals surface area contributed by atoms with Gasteiger partial charge in [0.25, 0.3) is 0 Å². The van der Waals surface area contributed by atoms with Crippen molar-refractivity contribution in [2.24, 2.45) is 0 Å². The van der Waals surface area contributed by atoms with Gasteiger partial charge in [-0.1, -0.05) is 109 Å². The average molecular weight is 626 g/mol. The highest BCUT2D eigenvalue weighted by Gasteiger charge is 2.25. The fourth-order valence-electron chi connectivity index (χ4n) is 5.07. The minimum Gasteiger partial charge on any atom is -0.544 e. The monoisotopic (exact) mass is 625 g/mol. The molecule has 0 saturated carbocycles. The molecule has 0 spiro atoms. The number of carboxylic acids is 1. The molecule has 0 saturated heterocycles. The van der Waals surface area contributed by atoms with Crippen molar-refractivity contribution in [3.05, 3.63) is 12.2 Å². The Labute approximate surface area is 269 Å². The van der Waals surface area contributed by atoms with Crippen LogP contribution in [-0.4, -0.2) is 75.5 Å². The van der Waals surface area contributed by atoms with E-state index in [0.29, 0.717) is 19.3 Å². The molecule has 8 nitrogen and oxygen atoms in total. The maximum absolute atomic E-state index is 12.6. The zero-order chi connectivity index (χ0) is 32.9. The molecule has 0 amide bonds. The van der Waals surface area contributed by atoms with E-state index >= 15 is 0 Å². The van der Waals surface area contributed by atoms with Gasteiger partial charge < -0.3 is 28.6 Å². The Morgan fingerprint density at radius 1 is 0.659 bits per heavy atom. The lowest BCUT2D eigenvalue weighted by atomic mass is 10.1. The number of ether oxygens (including phenoxy) is 3. The van der Waals surface area contributed by atoms with E-state index in [-0.39, 0.29) is 42.7 Å². The number of aliphatic carboxylic acids is 1. The standard InChI is InChI=1S/C36H67NO7/c1-6-8-10-12-14-16-17-19-21-23-25-27-35(39)44-32(30-42-29-28-33(36(40)41)37(3,4)5)31-43-34(38)26-24-22-20-18-15-13-11-9-7-2/h18,20,32-33H,6-17,19,21-31H2,1-5H3/b20-18+. The smallest absolute Gasteiger partial charge is 0.306 e. The highest BCUT2D eigenvalue weighted by atomic mass is 16.6. The number of esters is 2. The first-order valence-electron chi connectivity index (χ1n) is 17.7. The van der Waals surface area contributed by atoms with Gasteiger partial charge in [-0.05, 0) is 32.1 Å². The molecule has 258 valence electrons. The molecule has 0 rings (SSSR count). The second-order valence-electron chi connectivity index (χ2n) is 13.1. The van der Waals surface area contributed by atoms with Gasteiger partial charge in [-0.2, -0.15) is 0 Å². The van der Waals surface area contributed by atoms with E-state index < -0.39 is 18.1 Å². The fourth-order valence-corrected chi connectivity index (χ4v) is 5.07. The van der Waals surface area contributed by atoms with Crippen LogP contribution in [0.3, 0.4) is 0 Å². The summed E-state index contributed by atoms with van der Waals surface area (Å²) in [4.78, 5) is 36.4. The van der Waals surface area contributed by atoms with Crippen molar-refractivity contribution in [2.45, 2.75) is 161 Å². The lowest BCUT2D eigenvalue weighted by Crippen LogP contribution is -2.55. The lowest BCUT2D eigenvalue weighted by Gasteiger charge is -2.34. The molecule has 44 heavy (non-hydrogen) atoms. The van der Waals surface area contributed by atoms with Crippen molar-refractivity contribution >= 4 is 17.9 Å². The zero-order valence-corrected chi connectivity index (χ0v) is 29.1. The van der Waals surface area contributed by atoms with Crippen LogP contribution in [0.1, 0.15) is 149 Å². The summed E-state index contributed by atoms with van der Waals surface area (Å²) in [5, 5.41) is 11.5. The highest BCUT2D eigenvalue weighted by Crippen LogP contribution is 2.13. The summed E-state index contributed by atoms with van der Waals surface area (Å²) >= 11 is 0. The topological polar surface area (TPSA) is 102 Å². The summed E-state index contributed by atoms with van der Waals surface area (Å²) in [6.07, 6.45) is 25.3. The number of unbranched alkanes of at least 4 members (excludes halogenated alkanes) is 15. The van der Waals surface area contributed by atoms with Crippen LogP contribution in [0.2, 0.25) is 0 Å². The second-order valence-corrected chi connectivity index (χ2v) is 13.1. The largest absolute Gasteiger partial charge is 0.544 e. The summed E-state index contributed by atoms with van der Waals surface area (Å²) < 4.78 is 17.0. The first kappa shape index (κ1) is 42.1. The Morgan fingerprint density at radius 2 is 1.16 bits per heavy atom. The number of nitrogens with zero attached hydrogens (tertiary/aromatic N) is 1. The van der Waals surface area contributed by atoms with Crippen molar-refractivity contribution in [3.8, 4) is 0 Å². The summed E-state index contributed by atoms with van der Waals surface area (Å²) in [5.74, 6) is -1.78. The quantitative estimate of drug-likeness (QED) is 0.0351. The number of carbonyl (C=O) groups excluding carboxylic acids is 3. The minimum absolute atomic E-state index is 0.0367. The van der Waals surface area contributed by atoms with Gasteiger partial charge in [0.2, 0.25) is 0 Å². The summed E-state index contributed by atoms with van der Waals surface area (Å²) in [6, 6.07) is -0.722. The van der Waals surface area contributed by atoms with E-state index in [0.717, 1.165) is 32.1 Å². The third-order valence-corrected chi connectivity index (χ3v) is 7.90. The molecule has 0 aliphatic carbocycles. The van der Waals surface area contributed by atoms with Crippen LogP contribution in [0.4, 0.5) is 0 Å². The Kier molecular flexibility index (Phi) is 27.3. The molecule has 0 bridgehead atoms. The second kappa shape index (κ2) is 28.5. The van der Waals surface area contributed by atoms with Gasteiger partial charge in [0.15, 0.2) is 6.10 Å². The van der Waals surface area contributed by atoms with Crippen LogP contribution in [0, 0.1) is 0 Å². The lowest BCUT2D eigenvalue weighted by molar-refractivity contribution is -0.889. The van der Waals surface area contributed by atoms with Crippen LogP contribution in [0.5, 0.6) is 0 Å². The van der Waals surface area contributed by atoms with Crippen molar-refractivity contribution < 1.29 is 38.2 Å². The van der Waals surface area contributed by atoms with Gasteiger partial charge in [-0.15, -0.1) is 0 Å². The third-order valence-electron chi connectivity index (χ3n) is 7.90. The molecule has 0 heterocycles. The fraction of sp³-hybridized carbons (Fsp3) is 0.861. The molecule has 0 aromatic rings. The van der Waals surface area contributed by atoms with Gasteiger partial charge in [0.1, 0.15) is 12.6 Å². The Morgan fingerprint density at radius 3 is 1.70 bits per heavy atom. The number of allylic oxidation sites excluding steroid dienone is 2. The Bertz CT molecular complexity index is 747. The number of carbonyl (C=O) groups is 3. The predicted molar refractivity (Wildman–Crippen MR) is 176 cm³/mol. The maximum atomic E-state index is 12.6. The first-order chi connectivity index (χ1) is 21.1.